The van der Waals surface area contributed by atoms with Crippen LogP contribution in [0.4, 0.5) is 0 Å². The van der Waals surface area contributed by atoms with E-state index in [0.717, 1.165) is 16.6 Å². The van der Waals surface area contributed by atoms with Crippen LogP contribution in [0.2, 0.25) is 0 Å². The molecule has 0 amide bonds. The maximum Gasteiger partial charge on any atom is 0.307 e. The summed E-state index contributed by atoms with van der Waals surface area (Å²) in [5, 5.41) is 14.4. The maximum atomic E-state index is 11.6. The molecular weight excluding hydrogens is 282 g/mol. The molecule has 0 saturated carbocycles. The minimum atomic E-state index is -0.138. The molecule has 19 heavy (non-hydrogen) atoms. The topological polar surface area (TPSA) is 65.6 Å². The number of rotatable bonds is 4. The van der Waals surface area contributed by atoms with Crippen LogP contribution in [0.5, 0.6) is 0 Å². The quantitative estimate of drug-likeness (QED) is 0.805. The van der Waals surface area contributed by atoms with Crippen LogP contribution in [0.3, 0.4) is 0 Å². The summed E-state index contributed by atoms with van der Waals surface area (Å²) in [4.78, 5) is 11.7. The van der Waals surface area contributed by atoms with Crippen LogP contribution >= 0.6 is 23.1 Å². The number of hydrogen-bond donors (Lipinski definition) is 0. The summed E-state index contributed by atoms with van der Waals surface area (Å²) in [6.07, 6.45) is 0. The molecule has 0 aliphatic carbocycles. The van der Waals surface area contributed by atoms with Gasteiger partial charge in [0.25, 0.3) is 0 Å². The Morgan fingerprint density at radius 3 is 2.74 bits per heavy atom. The van der Waals surface area contributed by atoms with Crippen LogP contribution in [-0.2, 0) is 12.1 Å². The van der Waals surface area contributed by atoms with E-state index in [1.54, 1.807) is 21.0 Å². The zero-order valence-corrected chi connectivity index (χ0v) is 13.1. The fraction of sp³-hybridized carbons (Fsp3) is 0.636. The van der Waals surface area contributed by atoms with E-state index < -0.39 is 0 Å². The highest BCUT2D eigenvalue weighted by Gasteiger charge is 2.19. The smallest absolute Gasteiger partial charge is 0.303 e. The third-order valence-corrected chi connectivity index (χ3v) is 4.38. The van der Waals surface area contributed by atoms with E-state index in [-0.39, 0.29) is 10.4 Å². The van der Waals surface area contributed by atoms with Gasteiger partial charge in [0.05, 0.1) is 5.54 Å². The molecule has 6 nitrogen and oxygen atoms in total. The summed E-state index contributed by atoms with van der Waals surface area (Å²) < 4.78 is 3.59. The van der Waals surface area contributed by atoms with E-state index in [0.29, 0.717) is 6.54 Å². The monoisotopic (exact) mass is 299 g/mol. The first-order chi connectivity index (χ1) is 8.89. The Balaban J connectivity index is 2.01. The van der Waals surface area contributed by atoms with Crippen molar-refractivity contribution >= 4 is 23.1 Å². The maximum absolute atomic E-state index is 11.6. The molecule has 0 aliphatic heterocycles. The molecule has 0 radical (unpaired) electrons. The van der Waals surface area contributed by atoms with Gasteiger partial charge in [0.15, 0.2) is 0 Å². The van der Waals surface area contributed by atoms with E-state index in [1.165, 1.54) is 11.3 Å². The molecule has 2 heterocycles. The highest BCUT2D eigenvalue weighted by molar-refractivity contribution is 7.99. The zero-order valence-electron chi connectivity index (χ0n) is 11.5. The highest BCUT2D eigenvalue weighted by Crippen LogP contribution is 2.21. The van der Waals surface area contributed by atoms with Crippen LogP contribution in [0.25, 0.3) is 0 Å². The minimum absolute atomic E-state index is 0.0912. The van der Waals surface area contributed by atoms with Gasteiger partial charge in [-0.1, -0.05) is 23.1 Å². The summed E-state index contributed by atoms with van der Waals surface area (Å²) in [7, 11) is 0. The first-order valence-corrected chi connectivity index (χ1v) is 7.82. The number of aryl methyl sites for hydroxylation is 1. The fourth-order valence-electron chi connectivity index (χ4n) is 1.59. The summed E-state index contributed by atoms with van der Waals surface area (Å²) in [6, 6.07) is 0. The molecule has 0 aromatic carbocycles. The first kappa shape index (κ1) is 14.3. The van der Waals surface area contributed by atoms with Crippen LogP contribution in [-0.4, -0.2) is 30.5 Å². The number of thioether (sulfide) groups is 1. The molecule has 0 spiro atoms. The molecule has 2 aromatic heterocycles. The number of aromatic nitrogens is 5. The Kier molecular flexibility index (Phi) is 4.10. The van der Waals surface area contributed by atoms with Crippen molar-refractivity contribution in [1.82, 2.24) is 24.8 Å². The van der Waals surface area contributed by atoms with Gasteiger partial charge in [-0.3, -0.25) is 4.79 Å². The molecule has 104 valence electrons. The van der Waals surface area contributed by atoms with Crippen LogP contribution < -0.4 is 4.87 Å². The van der Waals surface area contributed by atoms with Crippen molar-refractivity contribution in [2.45, 2.75) is 44.9 Å². The number of tetrazole rings is 1. The van der Waals surface area contributed by atoms with Gasteiger partial charge in [-0.25, -0.2) is 4.68 Å². The number of hydrogen-bond acceptors (Lipinski definition) is 6. The Morgan fingerprint density at radius 2 is 2.16 bits per heavy atom. The zero-order chi connectivity index (χ0) is 14.0. The lowest BCUT2D eigenvalue weighted by atomic mass is 10.1. The molecule has 0 bridgehead atoms. The molecule has 0 saturated heterocycles. The average molecular weight is 299 g/mol. The standard InChI is InChI=1S/C11H17N5OS2/c1-8-7-19-10(17)15(8)5-6-18-9-12-13-14-16(9)11(2,3)4/h7H,5-6H2,1-4H3. The van der Waals surface area contributed by atoms with Gasteiger partial charge in [0.2, 0.25) is 5.16 Å². The second-order valence-corrected chi connectivity index (χ2v) is 7.07. The van der Waals surface area contributed by atoms with Crippen LogP contribution in [0.1, 0.15) is 26.5 Å². The molecular formula is C11H17N5OS2. The first-order valence-electron chi connectivity index (χ1n) is 5.96. The number of nitrogens with zero attached hydrogens (tertiary/aromatic N) is 5. The lowest BCUT2D eigenvalue weighted by Gasteiger charge is -2.19. The normalized spacial score (nSPS) is 12.0. The second kappa shape index (κ2) is 5.46. The summed E-state index contributed by atoms with van der Waals surface area (Å²) in [5.41, 5.74) is 0.868. The number of thiazole rings is 1. The molecule has 0 unspecified atom stereocenters. The van der Waals surface area contributed by atoms with Gasteiger partial charge >= 0.3 is 4.87 Å². The van der Waals surface area contributed by atoms with Gasteiger partial charge in [0.1, 0.15) is 0 Å². The second-order valence-electron chi connectivity index (χ2n) is 5.19. The molecule has 2 aromatic rings. The Bertz CT molecular complexity index is 607. The largest absolute Gasteiger partial charge is 0.307 e. The summed E-state index contributed by atoms with van der Waals surface area (Å²) in [5.74, 6) is 0.772. The Hall–Kier alpha value is -1.15. The third kappa shape index (κ3) is 3.24. The van der Waals surface area contributed by atoms with Crippen molar-refractivity contribution in [2.24, 2.45) is 0 Å². The average Bonchev–Trinajstić information content (AvgIpc) is 2.89. The van der Waals surface area contributed by atoms with Crippen molar-refractivity contribution < 1.29 is 0 Å². The van der Waals surface area contributed by atoms with Crippen molar-refractivity contribution in [3.05, 3.63) is 20.7 Å². The van der Waals surface area contributed by atoms with Gasteiger partial charge in [0, 0.05) is 23.4 Å². The molecule has 0 aliphatic rings. The van der Waals surface area contributed by atoms with E-state index >= 15 is 0 Å². The van der Waals surface area contributed by atoms with Gasteiger partial charge in [-0.2, -0.15) is 0 Å². The van der Waals surface area contributed by atoms with Crippen LogP contribution in [0, 0.1) is 6.92 Å². The third-order valence-electron chi connectivity index (χ3n) is 2.60. The van der Waals surface area contributed by atoms with Crippen molar-refractivity contribution in [3.63, 3.8) is 0 Å². The molecule has 0 N–H and O–H groups in total. The van der Waals surface area contributed by atoms with Crippen molar-refractivity contribution in [2.75, 3.05) is 5.75 Å². The molecule has 2 rings (SSSR count). The van der Waals surface area contributed by atoms with Gasteiger partial charge in [-0.15, -0.1) is 5.10 Å². The van der Waals surface area contributed by atoms with Gasteiger partial charge < -0.3 is 4.57 Å². The predicted molar refractivity (Wildman–Crippen MR) is 76.9 cm³/mol. The molecule has 0 atom stereocenters. The van der Waals surface area contributed by atoms with Gasteiger partial charge in [-0.05, 0) is 38.1 Å². The van der Waals surface area contributed by atoms with Crippen molar-refractivity contribution in [1.29, 1.82) is 0 Å². The molecule has 8 heteroatoms. The lowest BCUT2D eigenvalue weighted by molar-refractivity contribution is 0.321. The van der Waals surface area contributed by atoms with Crippen molar-refractivity contribution in [3.8, 4) is 0 Å². The van der Waals surface area contributed by atoms with E-state index in [2.05, 4.69) is 36.3 Å². The summed E-state index contributed by atoms with van der Waals surface area (Å²) >= 11 is 2.81. The predicted octanol–water partition coefficient (Wildman–Crippen LogP) is 1.75. The SMILES string of the molecule is Cc1csc(=O)n1CCSc1nnnn1C(C)(C)C. The summed E-state index contributed by atoms with van der Waals surface area (Å²) in [6.45, 7) is 8.79. The fourth-order valence-corrected chi connectivity index (χ4v) is 3.34. The van der Waals surface area contributed by atoms with E-state index in [4.69, 9.17) is 0 Å². The highest BCUT2D eigenvalue weighted by atomic mass is 32.2. The Labute approximate surface area is 119 Å². The van der Waals surface area contributed by atoms with Crippen LogP contribution in [0.15, 0.2) is 15.3 Å². The van der Waals surface area contributed by atoms with E-state index in [9.17, 15) is 4.79 Å². The molecule has 0 fully saturated rings. The minimum Gasteiger partial charge on any atom is -0.303 e. The lowest BCUT2D eigenvalue weighted by Crippen LogP contribution is -2.24. The Morgan fingerprint density at radius 1 is 1.42 bits per heavy atom. The van der Waals surface area contributed by atoms with E-state index in [1.807, 2.05) is 12.3 Å².